The highest BCUT2D eigenvalue weighted by atomic mass is 32.1. The van der Waals surface area contributed by atoms with E-state index in [1.807, 2.05) is 42.5 Å². The average molecular weight is 291 g/mol. The molecule has 21 heavy (non-hydrogen) atoms. The van der Waals surface area contributed by atoms with Crippen LogP contribution in [0, 0.1) is 0 Å². The molecule has 0 spiro atoms. The molecule has 0 saturated carbocycles. The minimum absolute atomic E-state index is 0.728. The molecule has 0 aliphatic rings. The predicted molar refractivity (Wildman–Crippen MR) is 88.5 cm³/mol. The van der Waals surface area contributed by atoms with Gasteiger partial charge in [-0.25, -0.2) is 9.97 Å². The quantitative estimate of drug-likeness (QED) is 0.520. The van der Waals surface area contributed by atoms with Gasteiger partial charge in [0.05, 0.1) is 21.3 Å². The van der Waals surface area contributed by atoms with E-state index in [4.69, 9.17) is 9.97 Å². The van der Waals surface area contributed by atoms with E-state index in [2.05, 4.69) is 23.3 Å². The summed E-state index contributed by atoms with van der Waals surface area (Å²) < 4.78 is 3.35. The van der Waals surface area contributed by atoms with Crippen molar-refractivity contribution in [2.24, 2.45) is 0 Å². The maximum Gasteiger partial charge on any atom is 0.170 e. The van der Waals surface area contributed by atoms with E-state index in [0.717, 1.165) is 33.9 Å². The van der Waals surface area contributed by atoms with Crippen LogP contribution >= 0.6 is 11.3 Å². The number of rotatable bonds is 3. The van der Waals surface area contributed by atoms with Gasteiger partial charge in [0.25, 0.3) is 0 Å². The van der Waals surface area contributed by atoms with E-state index in [9.17, 15) is 0 Å². The number of hydrogen-bond acceptors (Lipinski definition) is 3. The first-order valence-corrected chi connectivity index (χ1v) is 7.60. The second-order valence-electron chi connectivity index (χ2n) is 4.81. The van der Waals surface area contributed by atoms with Crippen LogP contribution in [0.3, 0.4) is 0 Å². The zero-order valence-corrected chi connectivity index (χ0v) is 12.2. The summed E-state index contributed by atoms with van der Waals surface area (Å²) in [5.41, 5.74) is 3.13. The van der Waals surface area contributed by atoms with Crippen LogP contribution in [0.2, 0.25) is 0 Å². The highest BCUT2D eigenvalue weighted by Gasteiger charge is 2.15. The molecule has 0 unspecified atom stereocenters. The van der Waals surface area contributed by atoms with E-state index >= 15 is 0 Å². The summed E-state index contributed by atoms with van der Waals surface area (Å²) in [7, 11) is 0. The van der Waals surface area contributed by atoms with Crippen LogP contribution in [0.4, 0.5) is 0 Å². The van der Waals surface area contributed by atoms with Crippen molar-refractivity contribution < 1.29 is 0 Å². The second kappa shape index (κ2) is 4.82. The first-order valence-electron chi connectivity index (χ1n) is 6.79. The van der Waals surface area contributed by atoms with Crippen molar-refractivity contribution in [3.05, 3.63) is 61.2 Å². The van der Waals surface area contributed by atoms with Crippen molar-refractivity contribution in [2.45, 2.75) is 6.54 Å². The Labute approximate surface area is 126 Å². The molecule has 4 aromatic rings. The number of thiazole rings is 1. The van der Waals surface area contributed by atoms with Crippen molar-refractivity contribution in [3.63, 3.8) is 0 Å². The largest absolute Gasteiger partial charge is 0.318 e. The fourth-order valence-electron chi connectivity index (χ4n) is 2.52. The van der Waals surface area contributed by atoms with E-state index in [-0.39, 0.29) is 0 Å². The second-order valence-corrected chi connectivity index (χ2v) is 5.84. The highest BCUT2D eigenvalue weighted by Crippen LogP contribution is 2.31. The van der Waals surface area contributed by atoms with Crippen LogP contribution in [-0.4, -0.2) is 14.5 Å². The summed E-state index contributed by atoms with van der Waals surface area (Å²) in [6, 6.07) is 16.3. The molecule has 4 rings (SSSR count). The lowest BCUT2D eigenvalue weighted by Crippen LogP contribution is -1.97. The third-order valence-corrected chi connectivity index (χ3v) is 4.48. The Bertz CT molecular complexity index is 916. The van der Waals surface area contributed by atoms with E-state index in [1.165, 1.54) is 4.70 Å². The van der Waals surface area contributed by atoms with Gasteiger partial charge in [-0.2, -0.15) is 0 Å². The zero-order chi connectivity index (χ0) is 14.2. The van der Waals surface area contributed by atoms with Gasteiger partial charge in [0.15, 0.2) is 10.8 Å². The molecule has 0 saturated heterocycles. The molecule has 0 N–H and O–H groups in total. The number of fused-ring (bicyclic) bond motifs is 2. The maximum absolute atomic E-state index is 4.76. The maximum atomic E-state index is 4.76. The monoisotopic (exact) mass is 291 g/mol. The average Bonchev–Trinajstić information content (AvgIpc) is 3.09. The molecule has 3 nitrogen and oxygen atoms in total. The predicted octanol–water partition coefficient (Wildman–Crippen LogP) is 4.50. The van der Waals surface area contributed by atoms with Crippen LogP contribution in [0.5, 0.6) is 0 Å². The molecular formula is C17H13N3S. The molecule has 2 aromatic heterocycles. The summed E-state index contributed by atoms with van der Waals surface area (Å²) in [6.45, 7) is 4.58. The van der Waals surface area contributed by atoms with Gasteiger partial charge >= 0.3 is 0 Å². The van der Waals surface area contributed by atoms with Crippen molar-refractivity contribution in [3.8, 4) is 10.8 Å². The Balaban J connectivity index is 2.00. The van der Waals surface area contributed by atoms with Gasteiger partial charge in [-0.05, 0) is 24.3 Å². The molecule has 102 valence electrons. The number of aromatic nitrogens is 3. The fraction of sp³-hybridized carbons (Fsp3) is 0.0588. The molecular weight excluding hydrogens is 278 g/mol. The number of allylic oxidation sites excluding steroid dienone is 1. The van der Waals surface area contributed by atoms with Crippen LogP contribution in [0.1, 0.15) is 0 Å². The van der Waals surface area contributed by atoms with Crippen LogP contribution < -0.4 is 0 Å². The van der Waals surface area contributed by atoms with Crippen molar-refractivity contribution >= 4 is 32.6 Å². The molecule has 2 aromatic carbocycles. The molecule has 0 amide bonds. The number of hydrogen-bond donors (Lipinski definition) is 0. The van der Waals surface area contributed by atoms with Crippen LogP contribution in [0.25, 0.3) is 32.1 Å². The van der Waals surface area contributed by atoms with Crippen molar-refractivity contribution in [1.29, 1.82) is 0 Å². The summed E-state index contributed by atoms with van der Waals surface area (Å²) in [5, 5.41) is 0.953. The Kier molecular flexibility index (Phi) is 2.82. The molecule has 0 aliphatic heterocycles. The number of para-hydroxylation sites is 3. The Morgan fingerprint density at radius 2 is 1.76 bits per heavy atom. The van der Waals surface area contributed by atoms with Gasteiger partial charge in [0, 0.05) is 6.54 Å². The van der Waals surface area contributed by atoms with E-state index < -0.39 is 0 Å². The van der Waals surface area contributed by atoms with Crippen LogP contribution in [-0.2, 0) is 6.54 Å². The molecule has 4 heteroatoms. The third-order valence-electron chi connectivity index (χ3n) is 3.45. The summed E-state index contributed by atoms with van der Waals surface area (Å²) in [5.74, 6) is 0.914. The molecule has 0 radical (unpaired) electrons. The number of imidazole rings is 1. The SMILES string of the molecule is C=CCn1c(-c2nc3ccccc3s2)nc2ccccc21. The first-order chi connectivity index (χ1) is 10.4. The van der Waals surface area contributed by atoms with Crippen molar-refractivity contribution in [2.75, 3.05) is 0 Å². The summed E-state index contributed by atoms with van der Waals surface area (Å²) in [6.07, 6.45) is 1.89. The minimum Gasteiger partial charge on any atom is -0.318 e. The lowest BCUT2D eigenvalue weighted by atomic mass is 10.3. The standard InChI is InChI=1S/C17H13N3S/c1-2-11-20-14-9-5-3-7-12(14)18-16(20)17-19-13-8-4-6-10-15(13)21-17/h2-10H,1,11H2. The highest BCUT2D eigenvalue weighted by molar-refractivity contribution is 7.21. The third kappa shape index (κ3) is 1.96. The lowest BCUT2D eigenvalue weighted by Gasteiger charge is -2.03. The Morgan fingerprint density at radius 1 is 1.00 bits per heavy atom. The fourth-order valence-corrected chi connectivity index (χ4v) is 3.48. The Hall–Kier alpha value is -2.46. The smallest absolute Gasteiger partial charge is 0.170 e. The van der Waals surface area contributed by atoms with E-state index in [0.29, 0.717) is 0 Å². The lowest BCUT2D eigenvalue weighted by molar-refractivity contribution is 0.861. The van der Waals surface area contributed by atoms with Gasteiger partial charge in [0.1, 0.15) is 0 Å². The molecule has 2 heterocycles. The number of benzene rings is 2. The topological polar surface area (TPSA) is 30.7 Å². The van der Waals surface area contributed by atoms with Gasteiger partial charge in [-0.15, -0.1) is 17.9 Å². The van der Waals surface area contributed by atoms with Crippen LogP contribution in [0.15, 0.2) is 61.2 Å². The minimum atomic E-state index is 0.728. The van der Waals surface area contributed by atoms with Crippen molar-refractivity contribution in [1.82, 2.24) is 14.5 Å². The molecule has 0 fully saturated rings. The number of nitrogens with zero attached hydrogens (tertiary/aromatic N) is 3. The van der Waals surface area contributed by atoms with Gasteiger partial charge in [0.2, 0.25) is 0 Å². The van der Waals surface area contributed by atoms with E-state index in [1.54, 1.807) is 11.3 Å². The van der Waals surface area contributed by atoms with Gasteiger partial charge in [-0.3, -0.25) is 0 Å². The summed E-state index contributed by atoms with van der Waals surface area (Å²) in [4.78, 5) is 9.48. The Morgan fingerprint density at radius 3 is 2.57 bits per heavy atom. The molecule has 0 bridgehead atoms. The van der Waals surface area contributed by atoms with Gasteiger partial charge < -0.3 is 4.57 Å². The molecule has 0 aliphatic carbocycles. The zero-order valence-electron chi connectivity index (χ0n) is 11.4. The summed E-state index contributed by atoms with van der Waals surface area (Å²) >= 11 is 1.68. The van der Waals surface area contributed by atoms with Gasteiger partial charge in [-0.1, -0.05) is 30.3 Å². The normalized spacial score (nSPS) is 11.2. The molecule has 0 atom stereocenters. The first kappa shape index (κ1) is 12.3.